The van der Waals surface area contributed by atoms with E-state index in [1.807, 2.05) is 6.07 Å². The molecule has 3 heteroatoms. The summed E-state index contributed by atoms with van der Waals surface area (Å²) in [4.78, 5) is 12.6. The van der Waals surface area contributed by atoms with Crippen molar-refractivity contribution in [3.8, 4) is 0 Å². The molecule has 0 bridgehead atoms. The summed E-state index contributed by atoms with van der Waals surface area (Å²) in [6.45, 7) is 4.67. The third kappa shape index (κ3) is 4.07. The molecule has 1 aromatic carbocycles. The van der Waals surface area contributed by atoms with Crippen LogP contribution in [0.15, 0.2) is 30.3 Å². The predicted octanol–water partition coefficient (Wildman–Crippen LogP) is 3.03. The number of benzene rings is 1. The molecule has 0 radical (unpaired) electrons. The van der Waals surface area contributed by atoms with Gasteiger partial charge in [-0.25, -0.2) is 0 Å². The number of carbonyl (C=O) groups excluding carboxylic acids is 1. The summed E-state index contributed by atoms with van der Waals surface area (Å²) < 4.78 is 0. The van der Waals surface area contributed by atoms with Crippen molar-refractivity contribution in [2.24, 2.45) is 11.1 Å². The van der Waals surface area contributed by atoms with Gasteiger partial charge in [0, 0.05) is 12.1 Å². The summed E-state index contributed by atoms with van der Waals surface area (Å²) in [6.07, 6.45) is 6.02. The number of hydrogen-bond donors (Lipinski definition) is 2. The predicted molar refractivity (Wildman–Crippen MR) is 86.9 cm³/mol. The second kappa shape index (κ2) is 6.61. The molecule has 2 rings (SSSR count). The highest BCUT2D eigenvalue weighted by Crippen LogP contribution is 2.37. The molecule has 0 aromatic heterocycles. The molecule has 3 nitrogen and oxygen atoms in total. The van der Waals surface area contributed by atoms with Crippen molar-refractivity contribution < 1.29 is 4.79 Å². The zero-order valence-corrected chi connectivity index (χ0v) is 13.3. The Bertz CT molecular complexity index is 461. The van der Waals surface area contributed by atoms with Gasteiger partial charge in [-0.05, 0) is 45.1 Å². The molecule has 1 saturated carbocycles. The molecule has 0 unspecified atom stereocenters. The van der Waals surface area contributed by atoms with Crippen LogP contribution in [-0.2, 0) is 11.2 Å². The summed E-state index contributed by atoms with van der Waals surface area (Å²) >= 11 is 0. The number of rotatable bonds is 6. The van der Waals surface area contributed by atoms with Crippen molar-refractivity contribution in [3.63, 3.8) is 0 Å². The molecular formula is C18H28N2O. The van der Waals surface area contributed by atoms with Gasteiger partial charge in [0.05, 0.1) is 5.41 Å². The molecule has 0 atom stereocenters. The fourth-order valence-corrected chi connectivity index (χ4v) is 3.18. The van der Waals surface area contributed by atoms with Gasteiger partial charge in [-0.15, -0.1) is 0 Å². The van der Waals surface area contributed by atoms with Gasteiger partial charge < -0.3 is 11.1 Å². The molecule has 1 fully saturated rings. The van der Waals surface area contributed by atoms with Gasteiger partial charge in [0.25, 0.3) is 0 Å². The monoisotopic (exact) mass is 288 g/mol. The van der Waals surface area contributed by atoms with Crippen molar-refractivity contribution in [1.29, 1.82) is 0 Å². The van der Waals surface area contributed by atoms with E-state index in [1.165, 1.54) is 5.56 Å². The molecule has 1 amide bonds. The Morgan fingerprint density at radius 2 is 1.86 bits per heavy atom. The molecule has 21 heavy (non-hydrogen) atoms. The van der Waals surface area contributed by atoms with Crippen molar-refractivity contribution in [1.82, 2.24) is 5.32 Å². The SMILES string of the molecule is CC(C)(CCc1ccccc1)NC(=O)C1(CN)CCCC1. The number of aryl methyl sites for hydroxylation is 1. The van der Waals surface area contributed by atoms with Crippen molar-refractivity contribution in [3.05, 3.63) is 35.9 Å². The van der Waals surface area contributed by atoms with Gasteiger partial charge >= 0.3 is 0 Å². The van der Waals surface area contributed by atoms with Gasteiger partial charge in [0.1, 0.15) is 0 Å². The maximum absolute atomic E-state index is 12.6. The van der Waals surface area contributed by atoms with Crippen LogP contribution in [0.1, 0.15) is 51.5 Å². The number of hydrogen-bond acceptors (Lipinski definition) is 2. The van der Waals surface area contributed by atoms with Gasteiger partial charge in [-0.1, -0.05) is 43.2 Å². The molecule has 0 spiro atoms. The Morgan fingerprint density at radius 1 is 1.24 bits per heavy atom. The molecule has 1 aliphatic rings. The van der Waals surface area contributed by atoms with E-state index in [2.05, 4.69) is 43.4 Å². The quantitative estimate of drug-likeness (QED) is 0.845. The Balaban J connectivity index is 1.92. The van der Waals surface area contributed by atoms with E-state index < -0.39 is 0 Å². The van der Waals surface area contributed by atoms with Crippen LogP contribution in [0.2, 0.25) is 0 Å². The second-order valence-corrected chi connectivity index (χ2v) is 7.02. The van der Waals surface area contributed by atoms with Gasteiger partial charge in [0.2, 0.25) is 5.91 Å². The lowest BCUT2D eigenvalue weighted by Crippen LogP contribution is -2.52. The van der Waals surface area contributed by atoms with Gasteiger partial charge in [0.15, 0.2) is 0 Å². The van der Waals surface area contributed by atoms with E-state index in [9.17, 15) is 4.79 Å². The van der Waals surface area contributed by atoms with Crippen LogP contribution in [0.25, 0.3) is 0 Å². The van der Waals surface area contributed by atoms with Gasteiger partial charge in [-0.2, -0.15) is 0 Å². The van der Waals surface area contributed by atoms with Crippen molar-refractivity contribution in [2.45, 2.75) is 57.9 Å². The third-order valence-electron chi connectivity index (χ3n) is 4.77. The molecule has 0 aliphatic heterocycles. The first-order valence-electron chi connectivity index (χ1n) is 8.04. The van der Waals surface area contributed by atoms with Gasteiger partial charge in [-0.3, -0.25) is 4.79 Å². The highest BCUT2D eigenvalue weighted by atomic mass is 16.2. The fourth-order valence-electron chi connectivity index (χ4n) is 3.18. The fraction of sp³-hybridized carbons (Fsp3) is 0.611. The summed E-state index contributed by atoms with van der Waals surface area (Å²) in [5.74, 6) is 0.153. The van der Waals surface area contributed by atoms with E-state index in [-0.39, 0.29) is 16.9 Å². The molecule has 1 aliphatic carbocycles. The normalized spacial score (nSPS) is 17.7. The Morgan fingerprint density at radius 3 is 2.43 bits per heavy atom. The number of amides is 1. The molecular weight excluding hydrogens is 260 g/mol. The van der Waals surface area contributed by atoms with Crippen LogP contribution in [-0.4, -0.2) is 18.0 Å². The number of carbonyl (C=O) groups is 1. The molecule has 0 saturated heterocycles. The van der Waals surface area contributed by atoms with E-state index >= 15 is 0 Å². The van der Waals surface area contributed by atoms with Crippen molar-refractivity contribution in [2.75, 3.05) is 6.54 Å². The molecule has 1 aromatic rings. The third-order valence-corrected chi connectivity index (χ3v) is 4.77. The van der Waals surface area contributed by atoms with Crippen molar-refractivity contribution >= 4 is 5.91 Å². The topological polar surface area (TPSA) is 55.1 Å². The largest absolute Gasteiger partial charge is 0.351 e. The van der Waals surface area contributed by atoms with E-state index in [0.717, 1.165) is 38.5 Å². The lowest BCUT2D eigenvalue weighted by molar-refractivity contribution is -0.132. The minimum Gasteiger partial charge on any atom is -0.351 e. The Kier molecular flexibility index (Phi) is 5.04. The highest BCUT2D eigenvalue weighted by molar-refractivity contribution is 5.83. The summed E-state index contributed by atoms with van der Waals surface area (Å²) in [5, 5.41) is 3.24. The Hall–Kier alpha value is -1.35. The van der Waals surface area contributed by atoms with Crippen LogP contribution in [0.3, 0.4) is 0 Å². The van der Waals surface area contributed by atoms with E-state index in [0.29, 0.717) is 6.54 Å². The zero-order valence-electron chi connectivity index (χ0n) is 13.3. The van der Waals surface area contributed by atoms with Crippen LogP contribution in [0, 0.1) is 5.41 Å². The maximum atomic E-state index is 12.6. The van der Waals surface area contributed by atoms with Crippen LogP contribution >= 0.6 is 0 Å². The minimum absolute atomic E-state index is 0.153. The van der Waals surface area contributed by atoms with E-state index in [4.69, 9.17) is 5.73 Å². The smallest absolute Gasteiger partial charge is 0.227 e. The standard InChI is InChI=1S/C18H28N2O/c1-17(2,13-10-15-8-4-3-5-9-15)20-16(21)18(14-19)11-6-7-12-18/h3-5,8-9H,6-7,10-14,19H2,1-2H3,(H,20,21). The van der Waals surface area contributed by atoms with E-state index in [1.54, 1.807) is 0 Å². The average Bonchev–Trinajstić information content (AvgIpc) is 2.96. The average molecular weight is 288 g/mol. The summed E-state index contributed by atoms with van der Waals surface area (Å²) in [6, 6.07) is 10.4. The second-order valence-electron chi connectivity index (χ2n) is 7.02. The van der Waals surface area contributed by atoms with Crippen LogP contribution < -0.4 is 11.1 Å². The molecule has 0 heterocycles. The lowest BCUT2D eigenvalue weighted by Gasteiger charge is -2.33. The maximum Gasteiger partial charge on any atom is 0.227 e. The van der Waals surface area contributed by atoms with Crippen LogP contribution in [0.4, 0.5) is 0 Å². The zero-order chi connectivity index (χ0) is 15.3. The van der Waals surface area contributed by atoms with Crippen LogP contribution in [0.5, 0.6) is 0 Å². The first-order chi connectivity index (χ1) is 9.97. The highest BCUT2D eigenvalue weighted by Gasteiger charge is 2.41. The molecule has 116 valence electrons. The number of nitrogens with two attached hydrogens (primary N) is 1. The first-order valence-corrected chi connectivity index (χ1v) is 8.04. The first kappa shape index (κ1) is 16.0. The summed E-state index contributed by atoms with van der Waals surface area (Å²) in [7, 11) is 0. The number of nitrogens with one attached hydrogen (secondary N) is 1. The lowest BCUT2D eigenvalue weighted by atomic mass is 9.83. The summed E-state index contributed by atoms with van der Waals surface area (Å²) in [5.41, 5.74) is 6.69. The minimum atomic E-state index is -0.315. The molecule has 3 N–H and O–H groups in total. The Labute approximate surface area is 128 Å².